The molecule has 0 saturated heterocycles. The molecule has 6 heteroatoms. The van der Waals surface area contributed by atoms with E-state index < -0.39 is 12.7 Å². The van der Waals surface area contributed by atoms with Crippen LogP contribution in [0.1, 0.15) is 31.0 Å². The van der Waals surface area contributed by atoms with Crippen molar-refractivity contribution >= 4 is 11.0 Å². The summed E-state index contributed by atoms with van der Waals surface area (Å²) in [7, 11) is 0. The van der Waals surface area contributed by atoms with E-state index in [0.29, 0.717) is 23.4 Å². The van der Waals surface area contributed by atoms with Gasteiger partial charge in [0, 0.05) is 5.92 Å². The molecule has 1 aromatic carbocycles. The van der Waals surface area contributed by atoms with Crippen LogP contribution in [0.4, 0.5) is 13.2 Å². The lowest BCUT2D eigenvalue weighted by Gasteiger charge is -2.20. The van der Waals surface area contributed by atoms with E-state index in [1.54, 1.807) is 24.3 Å². The predicted molar refractivity (Wildman–Crippen MR) is 74.9 cm³/mol. The van der Waals surface area contributed by atoms with Crippen LogP contribution in [0.25, 0.3) is 11.0 Å². The highest BCUT2D eigenvalue weighted by atomic mass is 19.4. The smallest absolute Gasteiger partial charge is 0.330 e. The zero-order chi connectivity index (χ0) is 15.0. The third-order valence-electron chi connectivity index (χ3n) is 4.31. The van der Waals surface area contributed by atoms with E-state index >= 15 is 0 Å². The zero-order valence-electron chi connectivity index (χ0n) is 11.6. The van der Waals surface area contributed by atoms with Gasteiger partial charge in [-0.3, -0.25) is 0 Å². The normalized spacial score (nSPS) is 23.0. The molecule has 1 aliphatic carbocycles. The Morgan fingerprint density at radius 2 is 2.00 bits per heavy atom. The number of fused-ring (bicyclic) bond motifs is 1. The van der Waals surface area contributed by atoms with Crippen molar-refractivity contribution in [3.05, 3.63) is 30.1 Å². The summed E-state index contributed by atoms with van der Waals surface area (Å²) in [5.74, 6) is 0.806. The van der Waals surface area contributed by atoms with Gasteiger partial charge in [0.15, 0.2) is 0 Å². The molecular weight excluding hydrogens is 279 g/mol. The SMILES string of the molecule is NCC1CCCC1c1nc2ccccc2n1CC(F)(F)F. The number of para-hydroxylation sites is 2. The van der Waals surface area contributed by atoms with Gasteiger partial charge in [-0.15, -0.1) is 0 Å². The predicted octanol–water partition coefficient (Wildman–Crippen LogP) is 3.44. The number of imidazole rings is 1. The van der Waals surface area contributed by atoms with Crippen LogP contribution in [0.5, 0.6) is 0 Å². The van der Waals surface area contributed by atoms with Gasteiger partial charge in [0.25, 0.3) is 0 Å². The summed E-state index contributed by atoms with van der Waals surface area (Å²) in [6, 6.07) is 7.00. The first-order chi connectivity index (χ1) is 9.99. The largest absolute Gasteiger partial charge is 0.406 e. The summed E-state index contributed by atoms with van der Waals surface area (Å²) in [6.45, 7) is -0.490. The van der Waals surface area contributed by atoms with Gasteiger partial charge in [-0.25, -0.2) is 4.98 Å². The standard InChI is InChI=1S/C15H18F3N3/c16-15(17,18)9-21-13-7-2-1-6-12(13)20-14(21)11-5-3-4-10(11)8-19/h1-2,6-7,10-11H,3-5,8-9,19H2. The molecule has 114 valence electrons. The zero-order valence-corrected chi connectivity index (χ0v) is 11.6. The number of hydrogen-bond donors (Lipinski definition) is 1. The third kappa shape index (κ3) is 2.77. The maximum Gasteiger partial charge on any atom is 0.406 e. The van der Waals surface area contributed by atoms with Crippen molar-refractivity contribution in [3.63, 3.8) is 0 Å². The van der Waals surface area contributed by atoms with E-state index in [0.717, 1.165) is 19.3 Å². The fraction of sp³-hybridized carbons (Fsp3) is 0.533. The number of nitrogens with zero attached hydrogens (tertiary/aromatic N) is 2. The maximum absolute atomic E-state index is 12.9. The minimum Gasteiger partial charge on any atom is -0.330 e. The lowest BCUT2D eigenvalue weighted by Crippen LogP contribution is -2.24. The van der Waals surface area contributed by atoms with Crippen molar-refractivity contribution in [2.45, 2.75) is 37.9 Å². The molecule has 3 rings (SSSR count). The second-order valence-corrected chi connectivity index (χ2v) is 5.69. The first-order valence-corrected chi connectivity index (χ1v) is 7.21. The van der Waals surface area contributed by atoms with Crippen molar-refractivity contribution < 1.29 is 13.2 Å². The molecule has 0 aliphatic heterocycles. The van der Waals surface area contributed by atoms with Crippen LogP contribution < -0.4 is 5.73 Å². The minimum atomic E-state index is -4.25. The molecule has 1 saturated carbocycles. The van der Waals surface area contributed by atoms with Crippen LogP contribution >= 0.6 is 0 Å². The van der Waals surface area contributed by atoms with Gasteiger partial charge in [-0.1, -0.05) is 18.6 Å². The number of alkyl halides is 3. The fourth-order valence-corrected chi connectivity index (χ4v) is 3.38. The van der Waals surface area contributed by atoms with Gasteiger partial charge in [-0.05, 0) is 37.4 Å². The number of aromatic nitrogens is 2. The lowest BCUT2D eigenvalue weighted by molar-refractivity contribution is -0.140. The van der Waals surface area contributed by atoms with E-state index in [1.807, 2.05) is 0 Å². The van der Waals surface area contributed by atoms with Gasteiger partial charge < -0.3 is 10.3 Å². The van der Waals surface area contributed by atoms with E-state index in [4.69, 9.17) is 5.73 Å². The van der Waals surface area contributed by atoms with Gasteiger partial charge in [0.1, 0.15) is 12.4 Å². The molecule has 3 nitrogen and oxygen atoms in total. The van der Waals surface area contributed by atoms with Crippen LogP contribution in [0.3, 0.4) is 0 Å². The summed E-state index contributed by atoms with van der Waals surface area (Å²) in [5, 5.41) is 0. The molecule has 0 amide bonds. The summed E-state index contributed by atoms with van der Waals surface area (Å²) in [5.41, 5.74) is 6.95. The van der Waals surface area contributed by atoms with Crippen LogP contribution in [-0.2, 0) is 6.54 Å². The molecule has 0 radical (unpaired) electrons. The number of rotatable bonds is 3. The second kappa shape index (κ2) is 5.33. The van der Waals surface area contributed by atoms with Crippen LogP contribution in [0, 0.1) is 5.92 Å². The molecule has 21 heavy (non-hydrogen) atoms. The van der Waals surface area contributed by atoms with Gasteiger partial charge >= 0.3 is 6.18 Å². The summed E-state index contributed by atoms with van der Waals surface area (Å²) >= 11 is 0. The summed E-state index contributed by atoms with van der Waals surface area (Å²) < 4.78 is 40.1. The van der Waals surface area contributed by atoms with Gasteiger partial charge in [-0.2, -0.15) is 13.2 Å². The molecule has 0 spiro atoms. The van der Waals surface area contributed by atoms with E-state index in [9.17, 15) is 13.2 Å². The van der Waals surface area contributed by atoms with Crippen molar-refractivity contribution in [1.82, 2.24) is 9.55 Å². The molecule has 2 unspecified atom stereocenters. The number of nitrogens with two attached hydrogens (primary N) is 1. The van der Waals surface area contributed by atoms with Crippen molar-refractivity contribution in [2.24, 2.45) is 11.7 Å². The van der Waals surface area contributed by atoms with Crippen LogP contribution in [0.15, 0.2) is 24.3 Å². The highest BCUT2D eigenvalue weighted by molar-refractivity contribution is 5.76. The molecule has 1 aromatic heterocycles. The Hall–Kier alpha value is -1.56. The molecule has 1 fully saturated rings. The molecule has 2 aromatic rings. The Labute approximate surface area is 121 Å². The Morgan fingerprint density at radius 1 is 1.24 bits per heavy atom. The maximum atomic E-state index is 12.9. The Bertz CT molecular complexity index is 633. The van der Waals surface area contributed by atoms with E-state index in [1.165, 1.54) is 4.57 Å². The Morgan fingerprint density at radius 3 is 2.71 bits per heavy atom. The van der Waals surface area contributed by atoms with Crippen molar-refractivity contribution in [3.8, 4) is 0 Å². The topological polar surface area (TPSA) is 43.8 Å². The van der Waals surface area contributed by atoms with E-state index in [2.05, 4.69) is 4.98 Å². The highest BCUT2D eigenvalue weighted by Crippen LogP contribution is 2.40. The highest BCUT2D eigenvalue weighted by Gasteiger charge is 2.35. The number of benzene rings is 1. The first-order valence-electron chi connectivity index (χ1n) is 7.21. The van der Waals surface area contributed by atoms with E-state index in [-0.39, 0.29) is 11.8 Å². The van der Waals surface area contributed by atoms with Crippen molar-refractivity contribution in [1.29, 1.82) is 0 Å². The van der Waals surface area contributed by atoms with Gasteiger partial charge in [0.2, 0.25) is 0 Å². The number of halogens is 3. The molecule has 2 N–H and O–H groups in total. The van der Waals surface area contributed by atoms with Crippen LogP contribution in [0.2, 0.25) is 0 Å². The molecular formula is C15H18F3N3. The second-order valence-electron chi connectivity index (χ2n) is 5.69. The lowest BCUT2D eigenvalue weighted by atomic mass is 9.95. The Kier molecular flexibility index (Phi) is 3.65. The minimum absolute atomic E-state index is 0.0322. The summed E-state index contributed by atoms with van der Waals surface area (Å²) in [6.07, 6.45) is -1.42. The average molecular weight is 297 g/mol. The quantitative estimate of drug-likeness (QED) is 0.943. The van der Waals surface area contributed by atoms with Crippen LogP contribution in [-0.4, -0.2) is 22.3 Å². The number of hydrogen-bond acceptors (Lipinski definition) is 2. The van der Waals surface area contributed by atoms with Crippen molar-refractivity contribution in [2.75, 3.05) is 6.54 Å². The fourth-order valence-electron chi connectivity index (χ4n) is 3.38. The van der Waals surface area contributed by atoms with Gasteiger partial charge in [0.05, 0.1) is 11.0 Å². The molecule has 0 bridgehead atoms. The first kappa shape index (κ1) is 14.4. The monoisotopic (exact) mass is 297 g/mol. The molecule has 2 atom stereocenters. The molecule has 1 aliphatic rings. The Balaban J connectivity index is 2.10. The third-order valence-corrected chi connectivity index (χ3v) is 4.31. The summed E-state index contributed by atoms with van der Waals surface area (Å²) in [4.78, 5) is 4.48. The molecule has 1 heterocycles. The average Bonchev–Trinajstić information content (AvgIpc) is 3.01.